The van der Waals surface area contributed by atoms with Crippen LogP contribution < -0.4 is 0 Å². The van der Waals surface area contributed by atoms with Crippen LogP contribution in [0, 0.1) is 0 Å². The van der Waals surface area contributed by atoms with Crippen LogP contribution in [-0.2, 0) is 4.57 Å². The monoisotopic (exact) mass is 175 g/mol. The molecule has 0 aliphatic carbocycles. The van der Waals surface area contributed by atoms with Gasteiger partial charge in [0, 0.05) is 12.3 Å². The van der Waals surface area contributed by atoms with E-state index in [2.05, 4.69) is 0 Å². The number of halogens is 2. The largest absolute Gasteiger partial charge is 0.525 e. The Morgan fingerprint density at radius 1 is 1.75 bits per heavy atom. The van der Waals surface area contributed by atoms with E-state index >= 15 is 0 Å². The van der Waals surface area contributed by atoms with Crippen molar-refractivity contribution in [2.24, 2.45) is 0 Å². The van der Waals surface area contributed by atoms with E-state index in [-0.39, 0.29) is 0 Å². The average molecular weight is 176 g/mol. The van der Waals surface area contributed by atoms with E-state index in [9.17, 15) is 4.57 Å². The van der Waals surface area contributed by atoms with Crippen LogP contribution in [0.5, 0.6) is 0 Å². The molecule has 2 nitrogen and oxygen atoms in total. The SMILES string of the molecule is O=[P+](O)C(Cl)CCCl. The third kappa shape index (κ3) is 3.62. The van der Waals surface area contributed by atoms with E-state index in [1.54, 1.807) is 0 Å². The van der Waals surface area contributed by atoms with Gasteiger partial charge in [0.25, 0.3) is 5.12 Å². The molecule has 0 fully saturated rings. The summed E-state index contributed by atoms with van der Waals surface area (Å²) in [6, 6.07) is 0. The number of rotatable bonds is 3. The highest BCUT2D eigenvalue weighted by atomic mass is 35.5. The van der Waals surface area contributed by atoms with Crippen LogP contribution in [0.25, 0.3) is 0 Å². The third-order valence-electron chi connectivity index (χ3n) is 0.587. The molecule has 5 heteroatoms. The smallest absolute Gasteiger partial charge is 0.160 e. The Bertz CT molecular complexity index is 87.4. The summed E-state index contributed by atoms with van der Waals surface area (Å²) in [4.78, 5) is 8.27. The van der Waals surface area contributed by atoms with Crippen molar-refractivity contribution in [1.82, 2.24) is 0 Å². The second-order valence-corrected chi connectivity index (χ2v) is 3.65. The lowest BCUT2D eigenvalue weighted by Crippen LogP contribution is -1.90. The average Bonchev–Trinajstić information content (AvgIpc) is 1.67. The minimum absolute atomic E-state index is 0.329. The van der Waals surface area contributed by atoms with Gasteiger partial charge in [0.2, 0.25) is 0 Å². The minimum atomic E-state index is -2.24. The first-order valence-electron chi connectivity index (χ1n) is 2.03. The van der Waals surface area contributed by atoms with Gasteiger partial charge in [0.15, 0.2) is 0 Å². The van der Waals surface area contributed by atoms with Crippen molar-refractivity contribution in [2.75, 3.05) is 5.88 Å². The fraction of sp³-hybridized carbons (Fsp3) is 1.00. The van der Waals surface area contributed by atoms with Gasteiger partial charge in [-0.05, 0) is 4.57 Å². The summed E-state index contributed by atoms with van der Waals surface area (Å²) >= 11 is 10.5. The molecule has 0 aromatic rings. The summed E-state index contributed by atoms with van der Waals surface area (Å²) in [5, 5.41) is -0.678. The van der Waals surface area contributed by atoms with Crippen LogP contribution in [0.3, 0.4) is 0 Å². The Kier molecular flexibility index (Phi) is 4.87. The fourth-order valence-electron chi connectivity index (χ4n) is 0.200. The first-order chi connectivity index (χ1) is 3.68. The van der Waals surface area contributed by atoms with Gasteiger partial charge in [-0.15, -0.1) is 11.6 Å². The molecule has 8 heavy (non-hydrogen) atoms. The maximum absolute atomic E-state index is 10.0. The maximum Gasteiger partial charge on any atom is 0.525 e. The second-order valence-electron chi connectivity index (χ2n) is 1.21. The molecule has 2 unspecified atom stereocenters. The Balaban J connectivity index is 3.32. The van der Waals surface area contributed by atoms with Crippen molar-refractivity contribution >= 4 is 31.2 Å². The predicted octanol–water partition coefficient (Wildman–Crippen LogP) is 1.91. The van der Waals surface area contributed by atoms with E-state index in [1.807, 2.05) is 0 Å². The molecule has 48 valence electrons. The molecule has 0 heterocycles. The summed E-state index contributed by atoms with van der Waals surface area (Å²) in [6.45, 7) is 0. The van der Waals surface area contributed by atoms with Gasteiger partial charge in [-0.3, -0.25) is 0 Å². The summed E-state index contributed by atoms with van der Waals surface area (Å²) < 4.78 is 10.0. The minimum Gasteiger partial charge on any atom is -0.160 e. The number of hydrogen-bond donors (Lipinski definition) is 1. The highest BCUT2D eigenvalue weighted by molar-refractivity contribution is 7.41. The third-order valence-corrected chi connectivity index (χ3v) is 2.26. The summed E-state index contributed by atoms with van der Waals surface area (Å²) in [7, 11) is -2.24. The van der Waals surface area contributed by atoms with Crippen molar-refractivity contribution in [2.45, 2.75) is 11.5 Å². The molecule has 0 spiro atoms. The summed E-state index contributed by atoms with van der Waals surface area (Å²) in [5.74, 6) is 0.329. The standard InChI is InChI=1S/C3H5Cl2O2P/c4-2-1-3(5)8(6)7/h3H,1-2H2/p+1. The van der Waals surface area contributed by atoms with Crippen molar-refractivity contribution in [1.29, 1.82) is 0 Å². The Labute approximate surface area is 58.7 Å². The Morgan fingerprint density at radius 3 is 2.38 bits per heavy atom. The van der Waals surface area contributed by atoms with E-state index < -0.39 is 13.1 Å². The van der Waals surface area contributed by atoms with Crippen LogP contribution in [0.1, 0.15) is 6.42 Å². The lowest BCUT2D eigenvalue weighted by molar-refractivity contribution is 0.498. The highest BCUT2D eigenvalue weighted by Crippen LogP contribution is 2.28. The fourth-order valence-corrected chi connectivity index (χ4v) is 1.14. The van der Waals surface area contributed by atoms with Crippen LogP contribution in [0.15, 0.2) is 0 Å². The zero-order valence-electron chi connectivity index (χ0n) is 4.05. The van der Waals surface area contributed by atoms with Gasteiger partial charge in [-0.2, -0.15) is 4.89 Å². The second kappa shape index (κ2) is 4.51. The van der Waals surface area contributed by atoms with E-state index in [1.165, 1.54) is 0 Å². The molecule has 0 bridgehead atoms. The molecule has 1 N–H and O–H groups in total. The zero-order valence-corrected chi connectivity index (χ0v) is 6.46. The highest BCUT2D eigenvalue weighted by Gasteiger charge is 2.24. The lowest BCUT2D eigenvalue weighted by atomic mass is 10.6. The predicted molar refractivity (Wildman–Crippen MR) is 34.8 cm³/mol. The van der Waals surface area contributed by atoms with E-state index in [0.717, 1.165) is 0 Å². The number of alkyl halides is 2. The van der Waals surface area contributed by atoms with Crippen LogP contribution in [0.4, 0.5) is 0 Å². The molecule has 0 saturated carbocycles. The number of hydrogen-bond acceptors (Lipinski definition) is 1. The molecule has 0 aromatic carbocycles. The first kappa shape index (κ1) is 8.64. The topological polar surface area (TPSA) is 37.3 Å². The molecule has 0 aliphatic heterocycles. The van der Waals surface area contributed by atoms with Gasteiger partial charge in [0.05, 0.1) is 0 Å². The van der Waals surface area contributed by atoms with Crippen LogP contribution in [0.2, 0.25) is 0 Å². The zero-order chi connectivity index (χ0) is 6.57. The molecular weight excluding hydrogens is 170 g/mol. The maximum atomic E-state index is 10.0. The van der Waals surface area contributed by atoms with Gasteiger partial charge >= 0.3 is 8.03 Å². The summed E-state index contributed by atoms with van der Waals surface area (Å²) in [6.07, 6.45) is 0.384. The van der Waals surface area contributed by atoms with Crippen molar-refractivity contribution < 1.29 is 9.46 Å². The molecule has 0 saturated heterocycles. The lowest BCUT2D eigenvalue weighted by Gasteiger charge is -1.85. The molecule has 0 radical (unpaired) electrons. The van der Waals surface area contributed by atoms with Crippen molar-refractivity contribution in [3.8, 4) is 0 Å². The summed E-state index contributed by atoms with van der Waals surface area (Å²) in [5.41, 5.74) is 0. The van der Waals surface area contributed by atoms with Gasteiger partial charge in [-0.1, -0.05) is 11.6 Å². The van der Waals surface area contributed by atoms with Gasteiger partial charge in [0.1, 0.15) is 0 Å². The van der Waals surface area contributed by atoms with Crippen molar-refractivity contribution in [3.05, 3.63) is 0 Å². The van der Waals surface area contributed by atoms with Crippen molar-refractivity contribution in [3.63, 3.8) is 0 Å². The quantitative estimate of drug-likeness (QED) is 0.526. The Morgan fingerprint density at radius 2 is 2.25 bits per heavy atom. The van der Waals surface area contributed by atoms with Crippen LogP contribution >= 0.6 is 31.2 Å². The first-order valence-corrected chi connectivity index (χ1v) is 4.29. The van der Waals surface area contributed by atoms with Gasteiger partial charge < -0.3 is 0 Å². The molecule has 0 aromatic heterocycles. The molecular formula is C3H6Cl2O2P+. The van der Waals surface area contributed by atoms with Crippen LogP contribution in [-0.4, -0.2) is 15.9 Å². The Hall–Kier alpha value is 0.640. The molecule has 0 aliphatic rings. The molecule has 2 atom stereocenters. The normalized spacial score (nSPS) is 15.6. The molecule has 0 amide bonds. The molecule has 0 rings (SSSR count). The van der Waals surface area contributed by atoms with E-state index in [4.69, 9.17) is 28.1 Å². The van der Waals surface area contributed by atoms with E-state index in [0.29, 0.717) is 12.3 Å². The van der Waals surface area contributed by atoms with Gasteiger partial charge in [-0.25, -0.2) is 0 Å².